The van der Waals surface area contributed by atoms with Gasteiger partial charge in [-0.1, -0.05) is 0 Å². The minimum atomic E-state index is -1.27. The van der Waals surface area contributed by atoms with Crippen molar-refractivity contribution in [3.8, 4) is 11.5 Å². The summed E-state index contributed by atoms with van der Waals surface area (Å²) in [6.07, 6.45) is -0.311. The number of carbonyl (C=O) groups excluding carboxylic acids is 1. The van der Waals surface area contributed by atoms with Crippen molar-refractivity contribution in [2.24, 2.45) is 5.41 Å². The zero-order valence-electron chi connectivity index (χ0n) is 11.8. The number of hydrogen-bond acceptors (Lipinski definition) is 4. The lowest BCUT2D eigenvalue weighted by Crippen LogP contribution is -2.27. The molecule has 0 heterocycles. The van der Waals surface area contributed by atoms with Crippen LogP contribution in [0.3, 0.4) is 0 Å². The molecular weight excluding hydrogens is 267 g/mol. The zero-order valence-corrected chi connectivity index (χ0v) is 11.8. The molecule has 0 unspecified atom stereocenters. The highest BCUT2D eigenvalue weighted by atomic mass is 19.1. The number of hydrogen-bond donors (Lipinski definition) is 1. The van der Waals surface area contributed by atoms with Crippen LogP contribution in [0.5, 0.6) is 11.5 Å². The van der Waals surface area contributed by atoms with E-state index in [0.29, 0.717) is 0 Å². The predicted molar refractivity (Wildman–Crippen MR) is 69.9 cm³/mol. The van der Waals surface area contributed by atoms with E-state index in [1.54, 1.807) is 0 Å². The van der Waals surface area contributed by atoms with Gasteiger partial charge < -0.3 is 14.6 Å². The number of benzene rings is 1. The van der Waals surface area contributed by atoms with E-state index >= 15 is 0 Å². The van der Waals surface area contributed by atoms with Gasteiger partial charge >= 0.3 is 5.97 Å². The highest BCUT2D eigenvalue weighted by molar-refractivity contribution is 5.99. The summed E-state index contributed by atoms with van der Waals surface area (Å²) in [5, 5.41) is 9.00. The Balaban J connectivity index is 3.14. The number of halogens is 1. The van der Waals surface area contributed by atoms with E-state index in [0.717, 1.165) is 6.07 Å². The Hall–Kier alpha value is -2.11. The quantitative estimate of drug-likeness (QED) is 0.813. The van der Waals surface area contributed by atoms with E-state index in [-0.39, 0.29) is 23.5 Å². The molecule has 0 aliphatic rings. The number of Topliss-reactive ketones (excluding diaryl/α,β-unsaturated/α-hetero) is 1. The number of methoxy groups -OCH3 is 2. The van der Waals surface area contributed by atoms with Crippen molar-refractivity contribution >= 4 is 11.8 Å². The molecule has 1 aromatic carbocycles. The van der Waals surface area contributed by atoms with Crippen LogP contribution in [0, 0.1) is 11.2 Å². The van der Waals surface area contributed by atoms with Crippen molar-refractivity contribution in [1.82, 2.24) is 0 Å². The number of carboxylic acids is 1. The molecule has 0 bridgehead atoms. The van der Waals surface area contributed by atoms with Crippen molar-refractivity contribution in [3.63, 3.8) is 0 Å². The van der Waals surface area contributed by atoms with Crippen molar-refractivity contribution in [3.05, 3.63) is 23.5 Å². The molecule has 1 N–H and O–H groups in total. The maximum atomic E-state index is 13.9. The molecule has 0 saturated heterocycles. The van der Waals surface area contributed by atoms with Crippen LogP contribution < -0.4 is 9.47 Å². The lowest BCUT2D eigenvalue weighted by atomic mass is 9.85. The second-order valence-electron chi connectivity index (χ2n) is 4.98. The smallest absolute Gasteiger partial charge is 0.309 e. The Kier molecular flexibility index (Phi) is 4.70. The highest BCUT2D eigenvalue weighted by Gasteiger charge is 2.31. The first kappa shape index (κ1) is 15.9. The molecule has 0 spiro atoms. The van der Waals surface area contributed by atoms with Gasteiger partial charge in [-0.25, -0.2) is 4.39 Å². The predicted octanol–water partition coefficient (Wildman–Crippen LogP) is 2.53. The summed E-state index contributed by atoms with van der Waals surface area (Å²) in [5.74, 6) is -2.11. The van der Waals surface area contributed by atoms with E-state index in [4.69, 9.17) is 14.6 Å². The minimum Gasteiger partial charge on any atom is -0.493 e. The summed E-state index contributed by atoms with van der Waals surface area (Å²) in [6.45, 7) is 2.82. The van der Waals surface area contributed by atoms with Crippen LogP contribution in [-0.4, -0.2) is 31.1 Å². The Morgan fingerprint density at radius 2 is 1.70 bits per heavy atom. The zero-order chi connectivity index (χ0) is 15.5. The SMILES string of the molecule is COc1cc(F)c(C(=O)CC(C)(C)C(=O)O)cc1OC. The third kappa shape index (κ3) is 3.26. The van der Waals surface area contributed by atoms with Gasteiger partial charge in [0.1, 0.15) is 5.82 Å². The van der Waals surface area contributed by atoms with Crippen LogP contribution in [0.1, 0.15) is 30.6 Å². The largest absolute Gasteiger partial charge is 0.493 e. The molecular formula is C14H17FO5. The fraction of sp³-hybridized carbons (Fsp3) is 0.429. The molecule has 0 amide bonds. The average Bonchev–Trinajstić information content (AvgIpc) is 2.37. The van der Waals surface area contributed by atoms with E-state index < -0.39 is 23.0 Å². The Bertz CT molecular complexity index is 537. The van der Waals surface area contributed by atoms with Gasteiger partial charge in [-0.05, 0) is 19.9 Å². The van der Waals surface area contributed by atoms with Gasteiger partial charge in [0.15, 0.2) is 17.3 Å². The molecule has 0 fully saturated rings. The molecule has 1 rings (SSSR count). The molecule has 0 aliphatic heterocycles. The monoisotopic (exact) mass is 284 g/mol. The third-order valence-electron chi connectivity index (χ3n) is 2.96. The minimum absolute atomic E-state index is 0.166. The summed E-state index contributed by atoms with van der Waals surface area (Å²) >= 11 is 0. The van der Waals surface area contributed by atoms with Crippen molar-refractivity contribution in [2.75, 3.05) is 14.2 Å². The lowest BCUT2D eigenvalue weighted by molar-refractivity contribution is -0.146. The topological polar surface area (TPSA) is 72.8 Å². The molecule has 0 atom stereocenters. The summed E-state index contributed by atoms with van der Waals surface area (Å²) in [7, 11) is 2.72. The van der Waals surface area contributed by atoms with Crippen LogP contribution in [-0.2, 0) is 4.79 Å². The summed E-state index contributed by atoms with van der Waals surface area (Å²) in [5.41, 5.74) is -1.48. The van der Waals surface area contributed by atoms with Gasteiger partial charge in [-0.15, -0.1) is 0 Å². The number of ketones is 1. The molecule has 20 heavy (non-hydrogen) atoms. The fourth-order valence-electron chi connectivity index (χ4n) is 1.64. The second kappa shape index (κ2) is 5.90. The standard InChI is InChI=1S/C14H17FO5/c1-14(2,13(17)18)7-10(16)8-5-11(19-3)12(20-4)6-9(8)15/h5-6H,7H2,1-4H3,(H,17,18). The summed E-state index contributed by atoms with van der Waals surface area (Å²) < 4.78 is 23.8. The van der Waals surface area contributed by atoms with Gasteiger partial charge in [0.2, 0.25) is 0 Å². The van der Waals surface area contributed by atoms with Crippen LogP contribution in [0.25, 0.3) is 0 Å². The molecule has 0 radical (unpaired) electrons. The highest BCUT2D eigenvalue weighted by Crippen LogP contribution is 2.32. The first-order valence-corrected chi connectivity index (χ1v) is 5.91. The summed E-state index contributed by atoms with van der Waals surface area (Å²) in [6, 6.07) is 2.26. The summed E-state index contributed by atoms with van der Waals surface area (Å²) in [4.78, 5) is 23.1. The normalized spacial score (nSPS) is 11.1. The van der Waals surface area contributed by atoms with Crippen molar-refractivity contribution in [1.29, 1.82) is 0 Å². The molecule has 6 heteroatoms. The number of carbonyl (C=O) groups is 2. The van der Waals surface area contributed by atoms with Crippen LogP contribution in [0.4, 0.5) is 4.39 Å². The van der Waals surface area contributed by atoms with E-state index in [2.05, 4.69) is 0 Å². The average molecular weight is 284 g/mol. The van der Waals surface area contributed by atoms with Crippen LogP contribution in [0.15, 0.2) is 12.1 Å². The van der Waals surface area contributed by atoms with E-state index in [9.17, 15) is 14.0 Å². The van der Waals surface area contributed by atoms with E-state index in [1.807, 2.05) is 0 Å². The van der Waals surface area contributed by atoms with Crippen LogP contribution in [0.2, 0.25) is 0 Å². The molecule has 1 aromatic rings. The lowest BCUT2D eigenvalue weighted by Gasteiger charge is -2.18. The second-order valence-corrected chi connectivity index (χ2v) is 4.98. The van der Waals surface area contributed by atoms with Crippen molar-refractivity contribution < 1.29 is 28.6 Å². The fourth-order valence-corrected chi connectivity index (χ4v) is 1.64. The maximum Gasteiger partial charge on any atom is 0.309 e. The Morgan fingerprint density at radius 1 is 1.20 bits per heavy atom. The van der Waals surface area contributed by atoms with Crippen LogP contribution >= 0.6 is 0 Å². The number of carboxylic acid groups (broad SMARTS) is 1. The van der Waals surface area contributed by atoms with Gasteiger partial charge in [-0.3, -0.25) is 9.59 Å². The first-order chi connectivity index (χ1) is 9.22. The Labute approximate surface area is 116 Å². The third-order valence-corrected chi connectivity index (χ3v) is 2.96. The number of rotatable bonds is 6. The van der Waals surface area contributed by atoms with Crippen molar-refractivity contribution in [2.45, 2.75) is 20.3 Å². The Morgan fingerprint density at radius 3 is 2.15 bits per heavy atom. The molecule has 5 nitrogen and oxygen atoms in total. The number of aliphatic carboxylic acids is 1. The van der Waals surface area contributed by atoms with Gasteiger partial charge in [0, 0.05) is 12.5 Å². The number of ether oxygens (including phenoxy) is 2. The maximum absolute atomic E-state index is 13.9. The van der Waals surface area contributed by atoms with Gasteiger partial charge in [-0.2, -0.15) is 0 Å². The molecule has 0 aromatic heterocycles. The molecule has 110 valence electrons. The first-order valence-electron chi connectivity index (χ1n) is 5.91. The molecule has 0 saturated carbocycles. The van der Waals surface area contributed by atoms with E-state index in [1.165, 1.54) is 34.1 Å². The van der Waals surface area contributed by atoms with Gasteiger partial charge in [0.05, 0.1) is 25.2 Å². The molecule has 0 aliphatic carbocycles. The van der Waals surface area contributed by atoms with Gasteiger partial charge in [0.25, 0.3) is 0 Å².